The molecule has 2 aromatic rings. The zero-order valence-electron chi connectivity index (χ0n) is 11.4. The van der Waals surface area contributed by atoms with E-state index in [1.54, 1.807) is 0 Å². The molecular formula is C16H16Cl2IN. The van der Waals surface area contributed by atoms with Gasteiger partial charge in [-0.1, -0.05) is 35.3 Å². The predicted molar refractivity (Wildman–Crippen MR) is 95.9 cm³/mol. The monoisotopic (exact) mass is 419 g/mol. The minimum atomic E-state index is 0.195. The van der Waals surface area contributed by atoms with Gasteiger partial charge in [-0.15, -0.1) is 0 Å². The quantitative estimate of drug-likeness (QED) is 0.653. The Bertz CT molecular complexity index is 613. The number of aryl methyl sites for hydroxylation is 1. The lowest BCUT2D eigenvalue weighted by atomic mass is 9.98. The number of likely N-dealkylation sites (N-methyl/N-ethyl adjacent to an activating group) is 1. The van der Waals surface area contributed by atoms with Gasteiger partial charge >= 0.3 is 0 Å². The van der Waals surface area contributed by atoms with Gasteiger partial charge in [0.25, 0.3) is 0 Å². The van der Waals surface area contributed by atoms with Gasteiger partial charge in [-0.05, 0) is 83.9 Å². The zero-order valence-corrected chi connectivity index (χ0v) is 15.1. The van der Waals surface area contributed by atoms with E-state index < -0.39 is 0 Å². The van der Waals surface area contributed by atoms with Crippen LogP contribution in [0, 0.1) is 10.5 Å². The van der Waals surface area contributed by atoms with Crippen molar-refractivity contribution in [2.45, 2.75) is 19.4 Å². The summed E-state index contributed by atoms with van der Waals surface area (Å²) >= 11 is 14.8. The van der Waals surface area contributed by atoms with Crippen LogP contribution in [-0.4, -0.2) is 7.05 Å². The van der Waals surface area contributed by atoms with Crippen LogP contribution in [0.4, 0.5) is 0 Å². The molecule has 1 nitrogen and oxygen atoms in total. The third kappa shape index (κ3) is 3.88. The number of hydrogen-bond donors (Lipinski definition) is 1. The molecule has 0 heterocycles. The molecule has 0 fully saturated rings. The van der Waals surface area contributed by atoms with E-state index in [0.717, 1.165) is 22.0 Å². The average molecular weight is 420 g/mol. The third-order valence-corrected chi connectivity index (χ3v) is 4.88. The molecule has 4 heteroatoms. The first-order valence-corrected chi connectivity index (χ1v) is 8.22. The molecule has 0 spiro atoms. The Morgan fingerprint density at radius 1 is 1.15 bits per heavy atom. The van der Waals surface area contributed by atoms with E-state index in [1.165, 1.54) is 14.7 Å². The van der Waals surface area contributed by atoms with E-state index in [0.29, 0.717) is 0 Å². The van der Waals surface area contributed by atoms with Gasteiger partial charge in [-0.25, -0.2) is 0 Å². The van der Waals surface area contributed by atoms with Crippen molar-refractivity contribution in [3.8, 4) is 0 Å². The smallest absolute Gasteiger partial charge is 0.0441 e. The summed E-state index contributed by atoms with van der Waals surface area (Å²) in [6.07, 6.45) is 0.839. The van der Waals surface area contributed by atoms with Crippen LogP contribution < -0.4 is 5.32 Å². The van der Waals surface area contributed by atoms with Gasteiger partial charge in [0.2, 0.25) is 0 Å². The Morgan fingerprint density at radius 2 is 1.90 bits per heavy atom. The van der Waals surface area contributed by atoms with Gasteiger partial charge in [-0.2, -0.15) is 0 Å². The van der Waals surface area contributed by atoms with E-state index >= 15 is 0 Å². The molecule has 0 saturated carbocycles. The second-order valence-electron chi connectivity index (χ2n) is 4.81. The van der Waals surface area contributed by atoms with Crippen molar-refractivity contribution >= 4 is 45.8 Å². The van der Waals surface area contributed by atoms with Crippen molar-refractivity contribution in [1.29, 1.82) is 0 Å². The van der Waals surface area contributed by atoms with Gasteiger partial charge in [0, 0.05) is 19.7 Å². The van der Waals surface area contributed by atoms with Gasteiger partial charge in [0.1, 0.15) is 0 Å². The molecule has 1 atom stereocenters. The molecule has 0 radical (unpaired) electrons. The lowest BCUT2D eigenvalue weighted by molar-refractivity contribution is 0.589. The van der Waals surface area contributed by atoms with Crippen molar-refractivity contribution in [3.05, 3.63) is 66.7 Å². The molecule has 0 amide bonds. The summed E-state index contributed by atoms with van der Waals surface area (Å²) in [5.74, 6) is 0. The molecule has 0 saturated heterocycles. The van der Waals surface area contributed by atoms with Crippen LogP contribution in [-0.2, 0) is 6.42 Å². The highest BCUT2D eigenvalue weighted by Crippen LogP contribution is 2.28. The molecule has 0 aliphatic carbocycles. The third-order valence-electron chi connectivity index (χ3n) is 3.31. The zero-order chi connectivity index (χ0) is 14.7. The first-order chi connectivity index (χ1) is 9.51. The van der Waals surface area contributed by atoms with Gasteiger partial charge in [0.05, 0.1) is 0 Å². The van der Waals surface area contributed by atoms with Crippen LogP contribution in [0.3, 0.4) is 0 Å². The number of hydrogen-bond acceptors (Lipinski definition) is 1. The van der Waals surface area contributed by atoms with E-state index in [-0.39, 0.29) is 6.04 Å². The summed E-state index contributed by atoms with van der Waals surface area (Å²) in [5, 5.41) is 4.94. The van der Waals surface area contributed by atoms with E-state index in [2.05, 4.69) is 40.0 Å². The molecule has 0 bridgehead atoms. The Morgan fingerprint density at radius 3 is 2.55 bits per heavy atom. The van der Waals surface area contributed by atoms with Crippen LogP contribution >= 0.6 is 45.8 Å². The fourth-order valence-corrected chi connectivity index (χ4v) is 3.39. The molecular weight excluding hydrogens is 404 g/mol. The maximum atomic E-state index is 6.33. The maximum Gasteiger partial charge on any atom is 0.0441 e. The van der Waals surface area contributed by atoms with Gasteiger partial charge < -0.3 is 5.32 Å². The normalized spacial score (nSPS) is 12.4. The number of halogens is 3. The largest absolute Gasteiger partial charge is 0.313 e. The highest BCUT2D eigenvalue weighted by molar-refractivity contribution is 14.1. The van der Waals surface area contributed by atoms with Crippen LogP contribution in [0.15, 0.2) is 36.4 Å². The van der Waals surface area contributed by atoms with E-state index in [1.807, 2.05) is 38.2 Å². The van der Waals surface area contributed by atoms with Crippen molar-refractivity contribution in [1.82, 2.24) is 5.32 Å². The van der Waals surface area contributed by atoms with Crippen LogP contribution in [0.5, 0.6) is 0 Å². The first-order valence-electron chi connectivity index (χ1n) is 6.38. The first kappa shape index (κ1) is 16.1. The highest BCUT2D eigenvalue weighted by Gasteiger charge is 2.15. The summed E-state index contributed by atoms with van der Waals surface area (Å²) < 4.78 is 1.20. The number of benzene rings is 2. The minimum absolute atomic E-state index is 0.195. The van der Waals surface area contributed by atoms with Crippen molar-refractivity contribution < 1.29 is 0 Å². The Labute approximate surface area is 143 Å². The van der Waals surface area contributed by atoms with E-state index in [4.69, 9.17) is 23.2 Å². The summed E-state index contributed by atoms with van der Waals surface area (Å²) in [5.41, 5.74) is 3.53. The second kappa shape index (κ2) is 7.12. The van der Waals surface area contributed by atoms with Crippen molar-refractivity contribution in [3.63, 3.8) is 0 Å². The molecule has 1 N–H and O–H groups in total. The standard InChI is InChI=1S/C16H16Cl2IN/c1-10-3-4-11(14(18)7-10)8-16(20-2)13-9-12(17)5-6-15(13)19/h3-7,9,16,20H,8H2,1-2H3. The Hall–Kier alpha value is -0.290. The molecule has 106 valence electrons. The van der Waals surface area contributed by atoms with Crippen molar-refractivity contribution in [2.24, 2.45) is 0 Å². The lowest BCUT2D eigenvalue weighted by Crippen LogP contribution is -2.20. The molecule has 20 heavy (non-hydrogen) atoms. The highest BCUT2D eigenvalue weighted by atomic mass is 127. The molecule has 0 aliphatic rings. The minimum Gasteiger partial charge on any atom is -0.313 e. The van der Waals surface area contributed by atoms with Crippen LogP contribution in [0.1, 0.15) is 22.7 Å². The molecule has 2 aromatic carbocycles. The maximum absolute atomic E-state index is 6.33. The molecule has 1 unspecified atom stereocenters. The average Bonchev–Trinajstić information content (AvgIpc) is 2.41. The van der Waals surface area contributed by atoms with Crippen LogP contribution in [0.25, 0.3) is 0 Å². The number of nitrogens with one attached hydrogen (secondary N) is 1. The summed E-state index contributed by atoms with van der Waals surface area (Å²) in [6.45, 7) is 2.05. The molecule has 0 aromatic heterocycles. The predicted octanol–water partition coefficient (Wildman–Crippen LogP) is 5.41. The second-order valence-corrected chi connectivity index (χ2v) is 6.81. The van der Waals surface area contributed by atoms with Crippen LogP contribution in [0.2, 0.25) is 10.0 Å². The van der Waals surface area contributed by atoms with Gasteiger partial charge in [0.15, 0.2) is 0 Å². The SMILES string of the molecule is CNC(Cc1ccc(C)cc1Cl)c1cc(Cl)ccc1I. The van der Waals surface area contributed by atoms with Gasteiger partial charge in [-0.3, -0.25) is 0 Å². The summed E-state index contributed by atoms with van der Waals surface area (Å²) in [4.78, 5) is 0. The van der Waals surface area contributed by atoms with E-state index in [9.17, 15) is 0 Å². The fraction of sp³-hybridized carbons (Fsp3) is 0.250. The van der Waals surface area contributed by atoms with Crippen molar-refractivity contribution in [2.75, 3.05) is 7.05 Å². The summed E-state index contributed by atoms with van der Waals surface area (Å²) in [7, 11) is 1.96. The fourth-order valence-electron chi connectivity index (χ4n) is 2.19. The molecule has 0 aliphatic heterocycles. The summed E-state index contributed by atoms with van der Waals surface area (Å²) in [6, 6.07) is 12.4. The Balaban J connectivity index is 2.31. The molecule has 2 rings (SSSR count). The number of rotatable bonds is 4. The topological polar surface area (TPSA) is 12.0 Å². The Kier molecular flexibility index (Phi) is 5.73. The lowest BCUT2D eigenvalue weighted by Gasteiger charge is -2.19.